The van der Waals surface area contributed by atoms with E-state index in [1.165, 1.54) is 11.3 Å². The van der Waals surface area contributed by atoms with Crippen LogP contribution < -0.4 is 4.90 Å². The number of hydrogen-bond acceptors (Lipinski definition) is 3. The molecule has 1 saturated heterocycles. The van der Waals surface area contributed by atoms with E-state index in [1.54, 1.807) is 11.9 Å². The number of benzene rings is 1. The van der Waals surface area contributed by atoms with Crippen molar-refractivity contribution in [2.24, 2.45) is 17.8 Å². The molecule has 3 aliphatic rings. The van der Waals surface area contributed by atoms with Gasteiger partial charge in [0.15, 0.2) is 0 Å². The van der Waals surface area contributed by atoms with Crippen molar-refractivity contribution in [2.75, 3.05) is 11.9 Å². The average Bonchev–Trinajstić information content (AvgIpc) is 2.80. The molecule has 132 valence electrons. The summed E-state index contributed by atoms with van der Waals surface area (Å²) < 4.78 is 0. The van der Waals surface area contributed by atoms with E-state index in [9.17, 15) is 14.4 Å². The van der Waals surface area contributed by atoms with Crippen LogP contribution in [0.5, 0.6) is 0 Å². The van der Waals surface area contributed by atoms with Crippen LogP contribution in [0.3, 0.4) is 0 Å². The van der Waals surface area contributed by atoms with Gasteiger partial charge in [-0.1, -0.05) is 37.5 Å². The lowest BCUT2D eigenvalue weighted by Crippen LogP contribution is -2.48. The Labute approximate surface area is 148 Å². The molecule has 0 N–H and O–H groups in total. The van der Waals surface area contributed by atoms with Crippen LogP contribution in [0.4, 0.5) is 5.69 Å². The Kier molecular flexibility index (Phi) is 4.10. The van der Waals surface area contributed by atoms with Crippen LogP contribution in [-0.4, -0.2) is 35.7 Å². The molecule has 1 aromatic rings. The van der Waals surface area contributed by atoms with Gasteiger partial charge in [-0.05, 0) is 31.4 Å². The van der Waals surface area contributed by atoms with Crippen molar-refractivity contribution >= 4 is 23.4 Å². The Hall–Kier alpha value is -2.17. The fraction of sp³-hybridized carbons (Fsp3) is 0.550. The molecule has 2 aliphatic carbocycles. The zero-order valence-corrected chi connectivity index (χ0v) is 14.6. The van der Waals surface area contributed by atoms with Gasteiger partial charge in [-0.3, -0.25) is 19.3 Å². The highest BCUT2D eigenvalue weighted by Gasteiger charge is 2.62. The average molecular weight is 340 g/mol. The fourth-order valence-corrected chi connectivity index (χ4v) is 4.68. The van der Waals surface area contributed by atoms with Crippen LogP contribution >= 0.6 is 0 Å². The van der Waals surface area contributed by atoms with E-state index < -0.39 is 5.92 Å². The number of likely N-dealkylation sites (tertiary alicyclic amines) is 1. The van der Waals surface area contributed by atoms with Crippen LogP contribution in [0.1, 0.15) is 38.5 Å². The second-order valence-electron chi connectivity index (χ2n) is 7.55. The summed E-state index contributed by atoms with van der Waals surface area (Å²) in [5.74, 6) is -1.26. The zero-order valence-electron chi connectivity index (χ0n) is 14.6. The molecular weight excluding hydrogens is 316 g/mol. The van der Waals surface area contributed by atoms with Gasteiger partial charge >= 0.3 is 0 Å². The maximum absolute atomic E-state index is 12.9. The summed E-state index contributed by atoms with van der Waals surface area (Å²) in [5.41, 5.74) is 0.817. The molecule has 5 nitrogen and oxygen atoms in total. The summed E-state index contributed by atoms with van der Waals surface area (Å²) in [5, 5.41) is 0. The Balaban J connectivity index is 1.49. The summed E-state index contributed by atoms with van der Waals surface area (Å²) >= 11 is 0. The fourth-order valence-electron chi connectivity index (χ4n) is 4.68. The van der Waals surface area contributed by atoms with E-state index in [2.05, 4.69) is 0 Å². The summed E-state index contributed by atoms with van der Waals surface area (Å²) in [4.78, 5) is 41.5. The number of carbonyl (C=O) groups excluding carboxylic acids is 3. The van der Waals surface area contributed by atoms with Gasteiger partial charge in [0.1, 0.15) is 0 Å². The summed E-state index contributed by atoms with van der Waals surface area (Å²) in [7, 11) is 1.74. The highest BCUT2D eigenvalue weighted by molar-refractivity contribution is 6.10. The lowest BCUT2D eigenvalue weighted by molar-refractivity contribution is -0.144. The van der Waals surface area contributed by atoms with E-state index in [0.29, 0.717) is 6.42 Å². The summed E-state index contributed by atoms with van der Waals surface area (Å²) in [6, 6.07) is 9.49. The van der Waals surface area contributed by atoms with Gasteiger partial charge in [0, 0.05) is 18.8 Å². The van der Waals surface area contributed by atoms with E-state index in [0.717, 1.165) is 31.4 Å². The normalized spacial score (nSPS) is 29.3. The number of carbonyl (C=O) groups is 3. The molecule has 3 amide bonds. The van der Waals surface area contributed by atoms with Crippen molar-refractivity contribution in [2.45, 2.75) is 44.6 Å². The van der Waals surface area contributed by atoms with Crippen molar-refractivity contribution < 1.29 is 14.4 Å². The SMILES string of the molecule is CN(C(=O)[C@H]1C[C@@H]2C(=O)N(C3CCCCC3)C(=O)[C@H]12)c1ccccc1. The van der Waals surface area contributed by atoms with Crippen LogP contribution in [0.2, 0.25) is 0 Å². The minimum Gasteiger partial charge on any atom is -0.315 e. The summed E-state index contributed by atoms with van der Waals surface area (Å²) in [6.45, 7) is 0. The van der Waals surface area contributed by atoms with Crippen LogP contribution in [0.15, 0.2) is 30.3 Å². The van der Waals surface area contributed by atoms with E-state index in [-0.39, 0.29) is 35.6 Å². The Morgan fingerprint density at radius 2 is 1.72 bits per heavy atom. The first kappa shape index (κ1) is 16.3. The number of fused-ring (bicyclic) bond motifs is 1. The second kappa shape index (κ2) is 6.28. The Morgan fingerprint density at radius 1 is 1.04 bits per heavy atom. The highest BCUT2D eigenvalue weighted by atomic mass is 16.2. The van der Waals surface area contributed by atoms with Gasteiger partial charge in [0.05, 0.1) is 17.8 Å². The molecule has 3 atom stereocenters. The van der Waals surface area contributed by atoms with Crippen molar-refractivity contribution in [3.8, 4) is 0 Å². The van der Waals surface area contributed by atoms with Crippen molar-refractivity contribution in [3.63, 3.8) is 0 Å². The minimum atomic E-state index is -0.437. The van der Waals surface area contributed by atoms with E-state index in [4.69, 9.17) is 0 Å². The van der Waals surface area contributed by atoms with E-state index in [1.807, 2.05) is 30.3 Å². The first-order valence-electron chi connectivity index (χ1n) is 9.29. The quantitative estimate of drug-likeness (QED) is 0.795. The molecule has 25 heavy (non-hydrogen) atoms. The molecule has 0 spiro atoms. The molecule has 1 aliphatic heterocycles. The third kappa shape index (κ3) is 2.57. The number of hydrogen-bond donors (Lipinski definition) is 0. The van der Waals surface area contributed by atoms with Gasteiger partial charge in [-0.15, -0.1) is 0 Å². The maximum Gasteiger partial charge on any atom is 0.234 e. The molecule has 1 heterocycles. The van der Waals surface area contributed by atoms with Crippen molar-refractivity contribution in [3.05, 3.63) is 30.3 Å². The second-order valence-corrected chi connectivity index (χ2v) is 7.55. The highest BCUT2D eigenvalue weighted by Crippen LogP contribution is 2.49. The number of para-hydroxylation sites is 1. The van der Waals surface area contributed by atoms with Crippen molar-refractivity contribution in [1.82, 2.24) is 4.90 Å². The number of anilines is 1. The molecule has 1 aromatic carbocycles. The van der Waals surface area contributed by atoms with E-state index >= 15 is 0 Å². The Bertz CT molecular complexity index is 696. The van der Waals surface area contributed by atoms with Crippen LogP contribution in [0, 0.1) is 17.8 Å². The molecule has 5 heteroatoms. The van der Waals surface area contributed by atoms with Gasteiger partial charge in [0.25, 0.3) is 0 Å². The van der Waals surface area contributed by atoms with Crippen LogP contribution in [0.25, 0.3) is 0 Å². The number of nitrogens with zero attached hydrogens (tertiary/aromatic N) is 2. The van der Waals surface area contributed by atoms with Gasteiger partial charge in [-0.2, -0.15) is 0 Å². The first-order valence-corrected chi connectivity index (χ1v) is 9.29. The summed E-state index contributed by atoms with van der Waals surface area (Å²) in [6.07, 6.45) is 5.68. The maximum atomic E-state index is 12.9. The van der Waals surface area contributed by atoms with Gasteiger partial charge in [-0.25, -0.2) is 0 Å². The molecule has 0 bridgehead atoms. The lowest BCUT2D eigenvalue weighted by Gasteiger charge is -2.37. The number of imide groups is 1. The predicted molar refractivity (Wildman–Crippen MR) is 93.7 cm³/mol. The third-order valence-corrected chi connectivity index (χ3v) is 6.18. The molecule has 0 radical (unpaired) electrons. The molecule has 3 fully saturated rings. The topological polar surface area (TPSA) is 57.7 Å². The molecule has 2 saturated carbocycles. The predicted octanol–water partition coefficient (Wildman–Crippen LogP) is 2.60. The van der Waals surface area contributed by atoms with Crippen molar-refractivity contribution in [1.29, 1.82) is 0 Å². The third-order valence-electron chi connectivity index (χ3n) is 6.18. The molecule has 0 aromatic heterocycles. The standard InChI is InChI=1S/C20H24N2O3/c1-21(13-8-4-2-5-9-13)18(23)15-12-16-17(15)20(25)22(19(16)24)14-10-6-3-7-11-14/h2,4-5,8-9,14-17H,3,6-7,10-12H2,1H3/t15-,16-,17+/m0/s1. The van der Waals surface area contributed by atoms with Gasteiger partial charge in [0.2, 0.25) is 17.7 Å². The lowest BCUT2D eigenvalue weighted by atomic mass is 9.65. The smallest absolute Gasteiger partial charge is 0.234 e. The molecule has 0 unspecified atom stereocenters. The first-order chi connectivity index (χ1) is 12.1. The monoisotopic (exact) mass is 340 g/mol. The largest absolute Gasteiger partial charge is 0.315 e. The number of rotatable bonds is 3. The molecular formula is C20H24N2O3. The minimum absolute atomic E-state index is 0.0340. The van der Waals surface area contributed by atoms with Gasteiger partial charge < -0.3 is 4.90 Å². The Morgan fingerprint density at radius 3 is 2.40 bits per heavy atom. The zero-order chi connectivity index (χ0) is 17.6. The molecule has 4 rings (SSSR count). The van der Waals surface area contributed by atoms with Crippen LogP contribution in [-0.2, 0) is 14.4 Å². The number of amides is 3.